The molecule has 0 N–H and O–H groups in total. The van der Waals surface area contributed by atoms with Crippen LogP contribution in [0, 0.1) is 0 Å². The van der Waals surface area contributed by atoms with E-state index in [1.54, 1.807) is 21.7 Å². The molecule has 1 unspecified atom stereocenters. The van der Waals surface area contributed by atoms with Crippen LogP contribution in [-0.2, 0) is 16.4 Å². The quantitative estimate of drug-likeness (QED) is 0.637. The average Bonchev–Trinajstić information content (AvgIpc) is 3.42. The van der Waals surface area contributed by atoms with E-state index in [0.29, 0.717) is 29.1 Å². The van der Waals surface area contributed by atoms with Crippen LogP contribution in [0.5, 0.6) is 0 Å². The minimum Gasteiger partial charge on any atom is -0.420 e. The van der Waals surface area contributed by atoms with E-state index in [-0.39, 0.29) is 5.92 Å². The summed E-state index contributed by atoms with van der Waals surface area (Å²) >= 11 is 2.89. The molecule has 0 radical (unpaired) electrons. The summed E-state index contributed by atoms with van der Waals surface area (Å²) in [7, 11) is -3.46. The summed E-state index contributed by atoms with van der Waals surface area (Å²) < 4.78 is 33.7. The zero-order valence-electron chi connectivity index (χ0n) is 14.3. The molecule has 0 aromatic carbocycles. The van der Waals surface area contributed by atoms with Crippen molar-refractivity contribution in [3.05, 3.63) is 40.4 Å². The van der Waals surface area contributed by atoms with Crippen LogP contribution in [0.4, 0.5) is 0 Å². The molecule has 1 aliphatic heterocycles. The second-order valence-corrected chi connectivity index (χ2v) is 10.5. The molecule has 3 aromatic rings. The highest BCUT2D eigenvalue weighted by Gasteiger charge is 2.34. The Morgan fingerprint density at radius 3 is 2.92 bits per heavy atom. The summed E-state index contributed by atoms with van der Waals surface area (Å²) in [5, 5.41) is 10.3. The van der Waals surface area contributed by atoms with Crippen LogP contribution in [-0.4, -0.2) is 36.0 Å². The van der Waals surface area contributed by atoms with Crippen LogP contribution in [0.25, 0.3) is 10.8 Å². The van der Waals surface area contributed by atoms with Crippen LogP contribution >= 0.6 is 22.7 Å². The van der Waals surface area contributed by atoms with Gasteiger partial charge in [0.25, 0.3) is 15.9 Å². The number of sulfonamides is 1. The molecule has 1 saturated heterocycles. The molecule has 1 fully saturated rings. The van der Waals surface area contributed by atoms with Crippen LogP contribution in [0.2, 0.25) is 0 Å². The number of thiophene rings is 2. The van der Waals surface area contributed by atoms with Gasteiger partial charge >= 0.3 is 0 Å². The standard InChI is InChI=1S/C17H19N3O3S3/c1-2-13-7-8-15(25-13)26(21,22)20-9-3-5-12(11-20)16-18-19-17(23-16)14-6-4-10-24-14/h4,6-8,10,12H,2-3,5,9,11H2,1H3. The van der Waals surface area contributed by atoms with Crippen molar-refractivity contribution in [3.63, 3.8) is 0 Å². The molecule has 4 heterocycles. The molecule has 1 atom stereocenters. The molecule has 4 rings (SSSR count). The molecule has 0 aliphatic carbocycles. The lowest BCUT2D eigenvalue weighted by Gasteiger charge is -2.29. The normalized spacial score (nSPS) is 19.0. The number of hydrogen-bond acceptors (Lipinski definition) is 7. The first-order valence-electron chi connectivity index (χ1n) is 8.54. The van der Waals surface area contributed by atoms with Gasteiger partial charge in [-0.25, -0.2) is 8.42 Å². The van der Waals surface area contributed by atoms with Gasteiger partial charge in [0, 0.05) is 18.0 Å². The van der Waals surface area contributed by atoms with Crippen LogP contribution in [0.1, 0.15) is 36.5 Å². The van der Waals surface area contributed by atoms with E-state index in [2.05, 4.69) is 10.2 Å². The summed E-state index contributed by atoms with van der Waals surface area (Å²) in [5.74, 6) is 0.958. The zero-order chi connectivity index (χ0) is 18.1. The number of hydrogen-bond donors (Lipinski definition) is 0. The SMILES string of the molecule is CCc1ccc(S(=O)(=O)N2CCCC(c3nnc(-c4cccs4)o3)C2)s1. The predicted octanol–water partition coefficient (Wildman–Crippen LogP) is 3.99. The van der Waals surface area contributed by atoms with Gasteiger partial charge in [-0.1, -0.05) is 13.0 Å². The maximum Gasteiger partial charge on any atom is 0.257 e. The first kappa shape index (κ1) is 17.8. The summed E-state index contributed by atoms with van der Waals surface area (Å²) in [5.41, 5.74) is 0. The molecule has 0 saturated carbocycles. The van der Waals surface area contributed by atoms with Gasteiger partial charge in [0.1, 0.15) is 4.21 Å². The van der Waals surface area contributed by atoms with Crippen LogP contribution in [0.3, 0.4) is 0 Å². The first-order chi connectivity index (χ1) is 12.6. The number of nitrogens with zero attached hydrogens (tertiary/aromatic N) is 3. The fourth-order valence-electron chi connectivity index (χ4n) is 3.08. The Kier molecular flexibility index (Phi) is 4.96. The third-order valence-corrected chi connectivity index (χ3v) is 8.91. The fraction of sp³-hybridized carbons (Fsp3) is 0.412. The average molecular weight is 410 g/mol. The van der Waals surface area contributed by atoms with Crippen molar-refractivity contribution < 1.29 is 12.8 Å². The van der Waals surface area contributed by atoms with Crippen molar-refractivity contribution in [2.45, 2.75) is 36.3 Å². The lowest BCUT2D eigenvalue weighted by atomic mass is 10.00. The zero-order valence-corrected chi connectivity index (χ0v) is 16.7. The summed E-state index contributed by atoms with van der Waals surface area (Å²) in [6.45, 7) is 2.94. The molecule has 0 amide bonds. The van der Waals surface area contributed by atoms with Gasteiger partial charge in [0.15, 0.2) is 0 Å². The maximum absolute atomic E-state index is 13.0. The van der Waals surface area contributed by atoms with Gasteiger partial charge in [-0.05, 0) is 42.8 Å². The highest BCUT2D eigenvalue weighted by atomic mass is 32.2. The van der Waals surface area contributed by atoms with Crippen LogP contribution in [0.15, 0.2) is 38.3 Å². The molecular weight excluding hydrogens is 390 g/mol. The Morgan fingerprint density at radius 2 is 2.19 bits per heavy atom. The summed E-state index contributed by atoms with van der Waals surface area (Å²) in [6, 6.07) is 7.47. The van der Waals surface area contributed by atoms with E-state index in [1.807, 2.05) is 30.5 Å². The topological polar surface area (TPSA) is 76.3 Å². The smallest absolute Gasteiger partial charge is 0.257 e. The summed E-state index contributed by atoms with van der Waals surface area (Å²) in [6.07, 6.45) is 2.48. The molecule has 9 heteroatoms. The number of aromatic nitrogens is 2. The van der Waals surface area contributed by atoms with E-state index in [1.165, 1.54) is 11.3 Å². The van der Waals surface area contributed by atoms with Gasteiger partial charge in [-0.15, -0.1) is 32.9 Å². The lowest BCUT2D eigenvalue weighted by Crippen LogP contribution is -2.38. The van der Waals surface area contributed by atoms with Gasteiger partial charge in [-0.3, -0.25) is 0 Å². The van der Waals surface area contributed by atoms with E-state index in [4.69, 9.17) is 4.42 Å². The Hall–Kier alpha value is -1.55. The van der Waals surface area contributed by atoms with Gasteiger partial charge in [0.2, 0.25) is 5.89 Å². The third kappa shape index (κ3) is 3.36. The number of rotatable bonds is 5. The highest BCUT2D eigenvalue weighted by molar-refractivity contribution is 7.91. The Morgan fingerprint density at radius 1 is 1.31 bits per heavy atom. The van der Waals surface area contributed by atoms with Crippen molar-refractivity contribution in [1.29, 1.82) is 0 Å². The van der Waals surface area contributed by atoms with Crippen molar-refractivity contribution in [3.8, 4) is 10.8 Å². The molecule has 26 heavy (non-hydrogen) atoms. The Labute approximate surface area is 160 Å². The van der Waals surface area contributed by atoms with E-state index >= 15 is 0 Å². The molecule has 0 spiro atoms. The van der Waals surface area contributed by atoms with E-state index in [9.17, 15) is 8.42 Å². The minimum atomic E-state index is -3.46. The van der Waals surface area contributed by atoms with E-state index < -0.39 is 10.0 Å². The monoisotopic (exact) mass is 409 g/mol. The minimum absolute atomic E-state index is 0.0645. The number of aryl methyl sites for hydroxylation is 1. The molecule has 0 bridgehead atoms. The Bertz CT molecular complexity index is 976. The van der Waals surface area contributed by atoms with Crippen molar-refractivity contribution in [2.75, 3.05) is 13.1 Å². The fourth-order valence-corrected chi connectivity index (χ4v) is 6.69. The largest absolute Gasteiger partial charge is 0.420 e. The lowest BCUT2D eigenvalue weighted by molar-refractivity contribution is 0.286. The molecule has 1 aliphatic rings. The predicted molar refractivity (Wildman–Crippen MR) is 102 cm³/mol. The van der Waals surface area contributed by atoms with Gasteiger partial charge in [0.05, 0.1) is 10.8 Å². The van der Waals surface area contributed by atoms with Crippen molar-refractivity contribution in [1.82, 2.24) is 14.5 Å². The second-order valence-electron chi connectivity index (χ2n) is 6.20. The first-order valence-corrected chi connectivity index (χ1v) is 11.7. The maximum atomic E-state index is 13.0. The molecular formula is C17H19N3O3S3. The van der Waals surface area contributed by atoms with Gasteiger partial charge in [-0.2, -0.15) is 4.31 Å². The van der Waals surface area contributed by atoms with Gasteiger partial charge < -0.3 is 4.42 Å². The molecule has 6 nitrogen and oxygen atoms in total. The van der Waals surface area contributed by atoms with Crippen molar-refractivity contribution >= 4 is 32.7 Å². The highest BCUT2D eigenvalue weighted by Crippen LogP contribution is 2.33. The molecule has 3 aromatic heterocycles. The third-order valence-electron chi connectivity index (χ3n) is 4.49. The summed E-state index contributed by atoms with van der Waals surface area (Å²) in [4.78, 5) is 2.00. The van der Waals surface area contributed by atoms with Crippen molar-refractivity contribution in [2.24, 2.45) is 0 Å². The van der Waals surface area contributed by atoms with E-state index in [0.717, 1.165) is 29.0 Å². The second kappa shape index (κ2) is 7.22. The number of piperidine rings is 1. The molecule has 138 valence electrons. The Balaban J connectivity index is 1.54. The van der Waals surface area contributed by atoms with Crippen LogP contribution < -0.4 is 0 Å².